The molecular formula is C12H24F6O. The molecule has 0 saturated carbocycles. The summed E-state index contributed by atoms with van der Waals surface area (Å²) in [4.78, 5) is 0. The predicted octanol–water partition coefficient (Wildman–Crippen LogP) is 5.33. The molecule has 0 spiro atoms. The molecule has 0 aliphatic heterocycles. The molecule has 0 aliphatic rings. The van der Waals surface area contributed by atoms with Gasteiger partial charge in [0.2, 0.25) is 0 Å². The average molecular weight is 298 g/mol. The molecule has 0 atom stereocenters. The molecule has 0 fully saturated rings. The van der Waals surface area contributed by atoms with Gasteiger partial charge in [-0.1, -0.05) is 41.5 Å². The summed E-state index contributed by atoms with van der Waals surface area (Å²) in [5.41, 5.74) is -4.61. The molecule has 0 bridgehead atoms. The summed E-state index contributed by atoms with van der Waals surface area (Å²) >= 11 is 0. The standard InChI is InChI=1S/C8H12F6O.2C2H6/c1-3-5(4-2)6(15,7(9,10)11)8(12,13)14;2*1-2/h5,15H,3-4H2,1-2H3;2*1-2H3. The summed E-state index contributed by atoms with van der Waals surface area (Å²) in [7, 11) is 0. The number of rotatable bonds is 3. The van der Waals surface area contributed by atoms with Crippen LogP contribution in [0.25, 0.3) is 0 Å². The Morgan fingerprint density at radius 2 is 0.947 bits per heavy atom. The summed E-state index contributed by atoms with van der Waals surface area (Å²) in [6.07, 6.45) is -12.2. The first-order valence-corrected chi connectivity index (χ1v) is 6.38. The van der Waals surface area contributed by atoms with Crippen LogP contribution in [0.5, 0.6) is 0 Å². The van der Waals surface area contributed by atoms with Crippen LogP contribution in [-0.4, -0.2) is 23.1 Å². The van der Waals surface area contributed by atoms with E-state index in [1.54, 1.807) is 0 Å². The molecule has 0 aliphatic carbocycles. The summed E-state index contributed by atoms with van der Waals surface area (Å²) in [5, 5.41) is 8.89. The quantitative estimate of drug-likeness (QED) is 0.698. The normalized spacial score (nSPS) is 12.3. The average Bonchev–Trinajstić information content (AvgIpc) is 2.32. The molecule has 0 rings (SSSR count). The first-order valence-electron chi connectivity index (χ1n) is 6.38. The molecule has 7 heteroatoms. The van der Waals surface area contributed by atoms with Gasteiger partial charge in [0.05, 0.1) is 0 Å². The van der Waals surface area contributed by atoms with E-state index in [1.165, 1.54) is 13.8 Å². The van der Waals surface area contributed by atoms with Crippen LogP contribution >= 0.6 is 0 Å². The molecule has 0 radical (unpaired) electrons. The minimum atomic E-state index is -5.71. The first-order chi connectivity index (χ1) is 8.52. The van der Waals surface area contributed by atoms with Crippen LogP contribution in [0.2, 0.25) is 0 Å². The van der Waals surface area contributed by atoms with Gasteiger partial charge in [-0.25, -0.2) is 0 Å². The predicted molar refractivity (Wildman–Crippen MR) is 63.8 cm³/mol. The Bertz CT molecular complexity index is 191. The smallest absolute Gasteiger partial charge is 0.373 e. The van der Waals surface area contributed by atoms with Crippen LogP contribution in [0.1, 0.15) is 54.4 Å². The lowest BCUT2D eigenvalue weighted by Crippen LogP contribution is -2.61. The zero-order valence-corrected chi connectivity index (χ0v) is 12.2. The van der Waals surface area contributed by atoms with E-state index in [9.17, 15) is 26.3 Å². The van der Waals surface area contributed by atoms with Gasteiger partial charge in [-0.3, -0.25) is 0 Å². The van der Waals surface area contributed by atoms with Crippen molar-refractivity contribution in [2.75, 3.05) is 0 Å². The Kier molecular flexibility index (Phi) is 11.7. The number of alkyl halides is 6. The number of halogens is 6. The highest BCUT2D eigenvalue weighted by Gasteiger charge is 2.72. The second kappa shape index (κ2) is 9.44. The molecule has 19 heavy (non-hydrogen) atoms. The molecule has 0 aromatic rings. The Balaban J connectivity index is -0.000000579. The molecule has 0 heterocycles. The van der Waals surface area contributed by atoms with Crippen LogP contribution in [0.4, 0.5) is 26.3 Å². The summed E-state index contributed by atoms with van der Waals surface area (Å²) < 4.78 is 73.5. The SMILES string of the molecule is CC.CC.CCC(CC)C(O)(C(F)(F)F)C(F)(F)F. The van der Waals surface area contributed by atoms with Gasteiger partial charge in [0, 0.05) is 5.92 Å². The fourth-order valence-corrected chi connectivity index (χ4v) is 1.50. The maximum absolute atomic E-state index is 12.3. The van der Waals surface area contributed by atoms with Crippen LogP contribution in [0.3, 0.4) is 0 Å². The van der Waals surface area contributed by atoms with Gasteiger partial charge in [0.25, 0.3) is 5.60 Å². The van der Waals surface area contributed by atoms with Crippen molar-refractivity contribution in [2.45, 2.75) is 72.3 Å². The second-order valence-electron chi connectivity index (χ2n) is 3.28. The highest BCUT2D eigenvalue weighted by Crippen LogP contribution is 2.49. The van der Waals surface area contributed by atoms with Crippen LogP contribution in [-0.2, 0) is 0 Å². The second-order valence-corrected chi connectivity index (χ2v) is 3.28. The van der Waals surface area contributed by atoms with Crippen LogP contribution in [0, 0.1) is 5.92 Å². The van der Waals surface area contributed by atoms with Gasteiger partial charge >= 0.3 is 12.4 Å². The number of aliphatic hydroxyl groups is 1. The summed E-state index contributed by atoms with van der Waals surface area (Å²) in [6.45, 7) is 10.4. The summed E-state index contributed by atoms with van der Waals surface area (Å²) in [6, 6.07) is 0. The maximum Gasteiger partial charge on any atom is 0.426 e. The molecule has 0 unspecified atom stereocenters. The van der Waals surface area contributed by atoms with Crippen LogP contribution in [0.15, 0.2) is 0 Å². The van der Waals surface area contributed by atoms with Crippen molar-refractivity contribution in [3.8, 4) is 0 Å². The Hall–Kier alpha value is -0.460. The maximum atomic E-state index is 12.3. The Morgan fingerprint density at radius 3 is 1.00 bits per heavy atom. The molecule has 0 aromatic heterocycles. The topological polar surface area (TPSA) is 20.2 Å². The van der Waals surface area contributed by atoms with Crippen molar-refractivity contribution in [3.05, 3.63) is 0 Å². The van der Waals surface area contributed by atoms with E-state index < -0.39 is 36.7 Å². The lowest BCUT2D eigenvalue weighted by molar-refractivity contribution is -0.385. The molecule has 0 aromatic carbocycles. The van der Waals surface area contributed by atoms with Crippen LogP contribution < -0.4 is 0 Å². The van der Waals surface area contributed by atoms with E-state index >= 15 is 0 Å². The van der Waals surface area contributed by atoms with Crippen molar-refractivity contribution in [1.82, 2.24) is 0 Å². The molecule has 0 amide bonds. The molecule has 1 N–H and O–H groups in total. The minimum Gasteiger partial charge on any atom is -0.373 e. The molecule has 120 valence electrons. The van der Waals surface area contributed by atoms with E-state index in [0.717, 1.165) is 0 Å². The van der Waals surface area contributed by atoms with Gasteiger partial charge in [-0.15, -0.1) is 0 Å². The van der Waals surface area contributed by atoms with Crippen molar-refractivity contribution >= 4 is 0 Å². The third-order valence-electron chi connectivity index (χ3n) is 2.44. The van der Waals surface area contributed by atoms with Crippen molar-refractivity contribution < 1.29 is 31.4 Å². The number of hydrogen-bond acceptors (Lipinski definition) is 1. The van der Waals surface area contributed by atoms with Gasteiger partial charge in [0.1, 0.15) is 0 Å². The van der Waals surface area contributed by atoms with E-state index in [2.05, 4.69) is 0 Å². The first kappa shape index (κ1) is 23.6. The fraction of sp³-hybridized carbons (Fsp3) is 1.00. The third kappa shape index (κ3) is 5.58. The van der Waals surface area contributed by atoms with Gasteiger partial charge in [-0.2, -0.15) is 26.3 Å². The zero-order chi connectivity index (χ0) is 16.5. The highest BCUT2D eigenvalue weighted by atomic mass is 19.4. The summed E-state index contributed by atoms with van der Waals surface area (Å²) in [5.74, 6) is -1.88. The van der Waals surface area contributed by atoms with Crippen molar-refractivity contribution in [1.29, 1.82) is 0 Å². The molecule has 1 nitrogen and oxygen atoms in total. The minimum absolute atomic E-state index is 0.397. The van der Waals surface area contributed by atoms with Gasteiger partial charge in [-0.05, 0) is 12.8 Å². The van der Waals surface area contributed by atoms with E-state index in [0.29, 0.717) is 0 Å². The fourth-order valence-electron chi connectivity index (χ4n) is 1.50. The lowest BCUT2D eigenvalue weighted by Gasteiger charge is -2.38. The molecule has 0 saturated heterocycles. The Morgan fingerprint density at radius 1 is 0.737 bits per heavy atom. The highest BCUT2D eigenvalue weighted by molar-refractivity contribution is 4.98. The number of hydrogen-bond donors (Lipinski definition) is 1. The van der Waals surface area contributed by atoms with Crippen molar-refractivity contribution in [3.63, 3.8) is 0 Å². The van der Waals surface area contributed by atoms with Crippen molar-refractivity contribution in [2.24, 2.45) is 5.92 Å². The molecular weight excluding hydrogens is 274 g/mol. The van der Waals surface area contributed by atoms with E-state index in [1.807, 2.05) is 27.7 Å². The monoisotopic (exact) mass is 298 g/mol. The van der Waals surface area contributed by atoms with Gasteiger partial charge < -0.3 is 5.11 Å². The lowest BCUT2D eigenvalue weighted by atomic mass is 9.82. The third-order valence-corrected chi connectivity index (χ3v) is 2.44. The zero-order valence-electron chi connectivity index (χ0n) is 12.2. The van der Waals surface area contributed by atoms with E-state index in [4.69, 9.17) is 5.11 Å². The Labute approximate surface area is 111 Å². The largest absolute Gasteiger partial charge is 0.426 e. The van der Waals surface area contributed by atoms with Gasteiger partial charge in [0.15, 0.2) is 0 Å². The van der Waals surface area contributed by atoms with E-state index in [-0.39, 0.29) is 0 Å².